The molecule has 0 bridgehead atoms. The lowest BCUT2D eigenvalue weighted by Gasteiger charge is -2.15. The molecule has 0 aliphatic carbocycles. The Hall–Kier alpha value is -1.07. The van der Waals surface area contributed by atoms with E-state index in [4.69, 9.17) is 4.74 Å². The third-order valence-electron chi connectivity index (χ3n) is 3.79. The molecule has 1 unspecified atom stereocenters. The van der Waals surface area contributed by atoms with Crippen molar-refractivity contribution in [2.24, 2.45) is 5.92 Å². The first-order chi connectivity index (χ1) is 9.80. The largest absolute Gasteiger partial charge is 0.480 e. The highest BCUT2D eigenvalue weighted by Gasteiger charge is 2.14. The van der Waals surface area contributed by atoms with Gasteiger partial charge in [0.25, 0.3) is 0 Å². The highest BCUT2D eigenvalue weighted by atomic mass is 32.1. The first-order valence-electron chi connectivity index (χ1n) is 7.49. The number of thiazole rings is 1. The molecular weight excluding hydrogens is 270 g/mol. The number of imidazole rings is 1. The number of ether oxygens (including phenoxy) is 1. The van der Waals surface area contributed by atoms with Crippen molar-refractivity contribution >= 4 is 16.3 Å². The topological polar surface area (TPSA) is 38.6 Å². The number of aromatic nitrogens is 2. The summed E-state index contributed by atoms with van der Waals surface area (Å²) in [6, 6.07) is 0. The Kier molecular flexibility index (Phi) is 5.86. The van der Waals surface area contributed by atoms with Crippen LogP contribution in [0.3, 0.4) is 0 Å². The second-order valence-electron chi connectivity index (χ2n) is 5.17. The Morgan fingerprint density at radius 1 is 1.45 bits per heavy atom. The summed E-state index contributed by atoms with van der Waals surface area (Å²) in [6.45, 7) is 6.41. The summed E-state index contributed by atoms with van der Waals surface area (Å²) in [5, 5.41) is 5.63. The van der Waals surface area contributed by atoms with Crippen LogP contribution in [-0.2, 0) is 6.54 Å². The molecule has 2 aromatic rings. The maximum Gasteiger partial charge on any atom is 0.237 e. The zero-order chi connectivity index (χ0) is 14.4. The van der Waals surface area contributed by atoms with Gasteiger partial charge >= 0.3 is 0 Å². The second kappa shape index (κ2) is 7.64. The summed E-state index contributed by atoms with van der Waals surface area (Å²) < 4.78 is 7.49. The fourth-order valence-corrected chi connectivity index (χ4v) is 3.20. The molecule has 1 atom stereocenters. The quantitative estimate of drug-likeness (QED) is 0.766. The van der Waals surface area contributed by atoms with Crippen LogP contribution in [0.5, 0.6) is 5.88 Å². The third-order valence-corrected chi connectivity index (χ3v) is 4.54. The normalized spacial score (nSPS) is 12.9. The fourth-order valence-electron chi connectivity index (χ4n) is 2.48. The third kappa shape index (κ3) is 3.52. The monoisotopic (exact) mass is 295 g/mol. The minimum Gasteiger partial charge on any atom is -0.480 e. The molecule has 4 nitrogen and oxygen atoms in total. The maximum atomic E-state index is 5.37. The minimum atomic E-state index is 0.742. The smallest absolute Gasteiger partial charge is 0.237 e. The number of rotatable bonds is 9. The van der Waals surface area contributed by atoms with E-state index < -0.39 is 0 Å². The summed E-state index contributed by atoms with van der Waals surface area (Å²) >= 11 is 1.64. The lowest BCUT2D eigenvalue weighted by atomic mass is 9.99. The van der Waals surface area contributed by atoms with E-state index >= 15 is 0 Å². The molecule has 0 amide bonds. The van der Waals surface area contributed by atoms with E-state index in [9.17, 15) is 0 Å². The minimum absolute atomic E-state index is 0.742. The van der Waals surface area contributed by atoms with Crippen LogP contribution < -0.4 is 10.1 Å². The zero-order valence-electron chi connectivity index (χ0n) is 12.7. The Bertz CT molecular complexity index is 520. The lowest BCUT2D eigenvalue weighted by molar-refractivity contribution is 0.386. The van der Waals surface area contributed by atoms with Crippen molar-refractivity contribution in [1.82, 2.24) is 14.7 Å². The Labute approximate surface area is 125 Å². The molecule has 5 heteroatoms. The number of nitrogens with one attached hydrogen (secondary N) is 1. The summed E-state index contributed by atoms with van der Waals surface area (Å²) in [7, 11) is 1.69. The van der Waals surface area contributed by atoms with E-state index in [1.54, 1.807) is 18.4 Å². The standard InChI is InChI=1S/C15H25N3OS/c1-4-6-7-12(5-2)10-16-11-13-14(19-3)17-15-18(13)8-9-20-15/h8-9,12,16H,4-7,10-11H2,1-3H3. The highest BCUT2D eigenvalue weighted by molar-refractivity contribution is 7.15. The van der Waals surface area contributed by atoms with Crippen LogP contribution in [0.1, 0.15) is 45.2 Å². The Balaban J connectivity index is 1.93. The van der Waals surface area contributed by atoms with Crippen LogP contribution in [0.15, 0.2) is 11.6 Å². The van der Waals surface area contributed by atoms with Gasteiger partial charge in [-0.25, -0.2) is 0 Å². The average molecular weight is 295 g/mol. The first kappa shape index (κ1) is 15.3. The van der Waals surface area contributed by atoms with Crippen molar-refractivity contribution in [1.29, 1.82) is 0 Å². The van der Waals surface area contributed by atoms with E-state index in [1.807, 2.05) is 0 Å². The molecule has 0 saturated heterocycles. The van der Waals surface area contributed by atoms with Gasteiger partial charge in [-0.15, -0.1) is 11.3 Å². The molecule has 0 aliphatic heterocycles. The molecule has 2 aromatic heterocycles. The van der Waals surface area contributed by atoms with Gasteiger partial charge in [0.15, 0.2) is 4.96 Å². The number of methoxy groups -OCH3 is 1. The van der Waals surface area contributed by atoms with Crippen LogP contribution in [0.2, 0.25) is 0 Å². The number of fused-ring (bicyclic) bond motifs is 1. The van der Waals surface area contributed by atoms with Crippen LogP contribution in [0.4, 0.5) is 0 Å². The average Bonchev–Trinajstić information content (AvgIpc) is 3.04. The van der Waals surface area contributed by atoms with Crippen LogP contribution >= 0.6 is 11.3 Å². The molecule has 0 fully saturated rings. The molecule has 0 radical (unpaired) electrons. The molecule has 2 heterocycles. The van der Waals surface area contributed by atoms with Gasteiger partial charge in [0, 0.05) is 18.1 Å². The number of hydrogen-bond acceptors (Lipinski definition) is 4. The molecule has 1 N–H and O–H groups in total. The summed E-state index contributed by atoms with van der Waals surface area (Å²) in [5.74, 6) is 1.51. The molecule has 2 rings (SSSR count). The summed E-state index contributed by atoms with van der Waals surface area (Å²) in [5.41, 5.74) is 1.12. The second-order valence-corrected chi connectivity index (χ2v) is 6.04. The summed E-state index contributed by atoms with van der Waals surface area (Å²) in [6.07, 6.45) is 7.22. The van der Waals surface area contributed by atoms with Gasteiger partial charge in [0.1, 0.15) is 5.69 Å². The van der Waals surface area contributed by atoms with Gasteiger partial charge in [0.2, 0.25) is 5.88 Å². The van der Waals surface area contributed by atoms with Crippen LogP contribution in [0, 0.1) is 5.92 Å². The van der Waals surface area contributed by atoms with E-state index in [0.717, 1.165) is 35.5 Å². The van der Waals surface area contributed by atoms with E-state index in [1.165, 1.54) is 25.7 Å². The Morgan fingerprint density at radius 2 is 2.30 bits per heavy atom. The van der Waals surface area contributed by atoms with Gasteiger partial charge < -0.3 is 10.1 Å². The SMILES string of the molecule is CCCCC(CC)CNCc1c(OC)nc2sccn12. The molecule has 0 spiro atoms. The molecule has 20 heavy (non-hydrogen) atoms. The molecule has 0 aromatic carbocycles. The predicted octanol–water partition coefficient (Wildman–Crippen LogP) is 3.71. The summed E-state index contributed by atoms with van der Waals surface area (Å²) in [4.78, 5) is 5.47. The van der Waals surface area contributed by atoms with Gasteiger partial charge in [-0.2, -0.15) is 4.98 Å². The number of hydrogen-bond donors (Lipinski definition) is 1. The van der Waals surface area contributed by atoms with Crippen LogP contribution in [0.25, 0.3) is 4.96 Å². The van der Waals surface area contributed by atoms with Crippen molar-refractivity contribution in [2.75, 3.05) is 13.7 Å². The van der Waals surface area contributed by atoms with Crippen molar-refractivity contribution < 1.29 is 4.74 Å². The van der Waals surface area contributed by atoms with Crippen molar-refractivity contribution in [2.45, 2.75) is 46.1 Å². The fraction of sp³-hybridized carbons (Fsp3) is 0.667. The molecule has 0 aliphatic rings. The molecular formula is C15H25N3OS. The zero-order valence-corrected chi connectivity index (χ0v) is 13.5. The van der Waals surface area contributed by atoms with E-state index in [2.05, 4.69) is 40.1 Å². The lowest BCUT2D eigenvalue weighted by Crippen LogP contribution is -2.23. The number of nitrogens with zero attached hydrogens (tertiary/aromatic N) is 2. The number of unbranched alkanes of at least 4 members (excludes halogenated alkanes) is 1. The van der Waals surface area contributed by atoms with Gasteiger partial charge in [-0.3, -0.25) is 4.40 Å². The van der Waals surface area contributed by atoms with Crippen molar-refractivity contribution in [3.63, 3.8) is 0 Å². The van der Waals surface area contributed by atoms with Gasteiger partial charge in [-0.05, 0) is 18.9 Å². The molecule has 0 saturated carbocycles. The van der Waals surface area contributed by atoms with Gasteiger partial charge in [0.05, 0.1) is 7.11 Å². The van der Waals surface area contributed by atoms with E-state index in [0.29, 0.717) is 0 Å². The van der Waals surface area contributed by atoms with Crippen molar-refractivity contribution in [3.8, 4) is 5.88 Å². The van der Waals surface area contributed by atoms with Crippen molar-refractivity contribution in [3.05, 3.63) is 17.3 Å². The highest BCUT2D eigenvalue weighted by Crippen LogP contribution is 2.23. The van der Waals surface area contributed by atoms with Crippen LogP contribution in [-0.4, -0.2) is 23.0 Å². The predicted molar refractivity (Wildman–Crippen MR) is 84.6 cm³/mol. The Morgan fingerprint density at radius 3 is 3.00 bits per heavy atom. The van der Waals surface area contributed by atoms with Gasteiger partial charge in [-0.1, -0.05) is 33.1 Å². The first-order valence-corrected chi connectivity index (χ1v) is 8.37. The maximum absolute atomic E-state index is 5.37. The molecule has 112 valence electrons. The van der Waals surface area contributed by atoms with E-state index in [-0.39, 0.29) is 0 Å².